The zero-order valence-electron chi connectivity index (χ0n) is 20.0. The third-order valence-electron chi connectivity index (χ3n) is 4.90. The summed E-state index contributed by atoms with van der Waals surface area (Å²) < 4.78 is 29.5. The van der Waals surface area contributed by atoms with Crippen LogP contribution in [-0.2, 0) is 36.3 Å². The molecule has 0 bridgehead atoms. The second kappa shape index (κ2) is 11.4. The third-order valence-corrected chi connectivity index (χ3v) is 5.94. The molecule has 1 heterocycles. The standard InChI is InChI=1S/C25H34NO6P/c1-24(2,3)32-23(27)26-22(18-28-25(26,4)5)19-31-33(29-16-20-12-8-6-9-13-20)30-17-21-14-10-7-11-15-21/h6-15,22H,16-19H2,1-5H3/t22-/m1/s1. The third kappa shape index (κ3) is 8.05. The topological polar surface area (TPSA) is 66.5 Å². The van der Waals surface area contributed by atoms with Crippen LogP contribution in [0.25, 0.3) is 0 Å². The number of hydrogen-bond donors (Lipinski definition) is 0. The van der Waals surface area contributed by atoms with Gasteiger partial charge in [-0.15, -0.1) is 0 Å². The van der Waals surface area contributed by atoms with Crippen LogP contribution in [0.3, 0.4) is 0 Å². The van der Waals surface area contributed by atoms with Crippen molar-refractivity contribution in [2.24, 2.45) is 0 Å². The van der Waals surface area contributed by atoms with Crippen LogP contribution in [0.4, 0.5) is 4.79 Å². The normalized spacial score (nSPS) is 18.0. The van der Waals surface area contributed by atoms with E-state index in [2.05, 4.69) is 0 Å². The minimum atomic E-state index is -1.65. The van der Waals surface area contributed by atoms with Gasteiger partial charge in [-0.1, -0.05) is 60.7 Å². The Hall–Kier alpha value is -2.02. The van der Waals surface area contributed by atoms with Crippen molar-refractivity contribution in [2.45, 2.75) is 65.2 Å². The first-order chi connectivity index (χ1) is 15.6. The monoisotopic (exact) mass is 475 g/mol. The fourth-order valence-electron chi connectivity index (χ4n) is 3.35. The minimum Gasteiger partial charge on any atom is -0.444 e. The van der Waals surface area contributed by atoms with Crippen molar-refractivity contribution in [3.63, 3.8) is 0 Å². The highest BCUT2D eigenvalue weighted by Gasteiger charge is 2.46. The Kier molecular flexibility index (Phi) is 8.85. The molecule has 1 atom stereocenters. The number of carbonyl (C=O) groups is 1. The Morgan fingerprint density at radius 1 is 0.970 bits per heavy atom. The predicted molar refractivity (Wildman–Crippen MR) is 127 cm³/mol. The van der Waals surface area contributed by atoms with Crippen molar-refractivity contribution in [1.82, 2.24) is 4.90 Å². The average Bonchev–Trinajstić information content (AvgIpc) is 3.07. The van der Waals surface area contributed by atoms with Crippen molar-refractivity contribution in [1.29, 1.82) is 0 Å². The maximum Gasteiger partial charge on any atom is 0.412 e. The SMILES string of the molecule is CC(C)(C)OC(=O)N1[C@@H](COP(OCc2ccccc2)OCc2ccccc2)COC1(C)C. The van der Waals surface area contributed by atoms with Gasteiger partial charge in [0.1, 0.15) is 11.3 Å². The van der Waals surface area contributed by atoms with Crippen LogP contribution in [-0.4, -0.2) is 41.6 Å². The van der Waals surface area contributed by atoms with Gasteiger partial charge in [-0.05, 0) is 45.7 Å². The molecular weight excluding hydrogens is 441 g/mol. The molecule has 2 aromatic carbocycles. The van der Waals surface area contributed by atoms with E-state index in [9.17, 15) is 4.79 Å². The molecular formula is C25H34NO6P. The van der Waals surface area contributed by atoms with E-state index in [0.29, 0.717) is 19.8 Å². The van der Waals surface area contributed by atoms with Crippen LogP contribution in [0.5, 0.6) is 0 Å². The lowest BCUT2D eigenvalue weighted by Gasteiger charge is -2.35. The van der Waals surface area contributed by atoms with E-state index in [0.717, 1.165) is 11.1 Å². The summed E-state index contributed by atoms with van der Waals surface area (Å²) in [5.74, 6) is 0. The van der Waals surface area contributed by atoms with Crippen molar-refractivity contribution in [3.05, 3.63) is 71.8 Å². The molecule has 0 aliphatic carbocycles. The van der Waals surface area contributed by atoms with E-state index >= 15 is 0 Å². The first-order valence-electron chi connectivity index (χ1n) is 11.1. The molecule has 33 heavy (non-hydrogen) atoms. The average molecular weight is 476 g/mol. The van der Waals surface area contributed by atoms with E-state index in [4.69, 9.17) is 23.0 Å². The fraction of sp³-hybridized carbons (Fsp3) is 0.480. The van der Waals surface area contributed by atoms with Gasteiger partial charge in [0.25, 0.3) is 0 Å². The molecule has 0 N–H and O–H groups in total. The van der Waals surface area contributed by atoms with E-state index < -0.39 is 26.0 Å². The molecule has 1 aliphatic rings. The van der Waals surface area contributed by atoms with Crippen LogP contribution >= 0.6 is 8.60 Å². The maximum atomic E-state index is 12.9. The molecule has 0 radical (unpaired) electrons. The van der Waals surface area contributed by atoms with E-state index in [1.807, 2.05) is 95.3 Å². The smallest absolute Gasteiger partial charge is 0.412 e. The van der Waals surface area contributed by atoms with Crippen molar-refractivity contribution in [2.75, 3.05) is 13.2 Å². The Morgan fingerprint density at radius 3 is 1.97 bits per heavy atom. The van der Waals surface area contributed by atoms with Crippen LogP contribution in [0, 0.1) is 0 Å². The number of hydrogen-bond acceptors (Lipinski definition) is 6. The van der Waals surface area contributed by atoms with Crippen LogP contribution in [0.15, 0.2) is 60.7 Å². The van der Waals surface area contributed by atoms with Gasteiger partial charge >= 0.3 is 14.7 Å². The van der Waals surface area contributed by atoms with Gasteiger partial charge < -0.3 is 23.0 Å². The van der Waals surface area contributed by atoms with E-state index in [1.54, 1.807) is 4.90 Å². The maximum absolute atomic E-state index is 12.9. The van der Waals surface area contributed by atoms with Gasteiger partial charge in [-0.2, -0.15) is 0 Å². The lowest BCUT2D eigenvalue weighted by Crippen LogP contribution is -2.51. The number of carbonyl (C=O) groups excluding carboxylic acids is 1. The quantitative estimate of drug-likeness (QED) is 0.412. The van der Waals surface area contributed by atoms with E-state index in [1.165, 1.54) is 0 Å². The second-order valence-corrected chi connectivity index (χ2v) is 10.5. The van der Waals surface area contributed by atoms with Crippen molar-refractivity contribution >= 4 is 14.7 Å². The molecule has 8 heteroatoms. The number of amides is 1. The highest BCUT2D eigenvalue weighted by molar-refractivity contribution is 7.41. The molecule has 2 aromatic rings. The lowest BCUT2D eigenvalue weighted by molar-refractivity contribution is -0.0640. The van der Waals surface area contributed by atoms with Crippen LogP contribution in [0.2, 0.25) is 0 Å². The minimum absolute atomic E-state index is 0.206. The zero-order valence-corrected chi connectivity index (χ0v) is 20.9. The molecule has 0 saturated carbocycles. The molecule has 7 nitrogen and oxygen atoms in total. The van der Waals surface area contributed by atoms with Gasteiger partial charge in [0.15, 0.2) is 0 Å². The molecule has 180 valence electrons. The molecule has 1 saturated heterocycles. The molecule has 0 spiro atoms. The Morgan fingerprint density at radius 2 is 1.48 bits per heavy atom. The Labute approximate surface area is 197 Å². The zero-order chi connectivity index (χ0) is 23.9. The number of benzene rings is 2. The fourth-order valence-corrected chi connectivity index (χ4v) is 4.37. The van der Waals surface area contributed by atoms with E-state index in [-0.39, 0.29) is 12.6 Å². The molecule has 1 amide bonds. The van der Waals surface area contributed by atoms with Gasteiger partial charge in [-0.25, -0.2) is 4.79 Å². The summed E-state index contributed by atoms with van der Waals surface area (Å²) in [5, 5.41) is 0. The molecule has 0 unspecified atom stereocenters. The predicted octanol–water partition coefficient (Wildman–Crippen LogP) is 6.04. The summed E-state index contributed by atoms with van der Waals surface area (Å²) in [6.45, 7) is 10.5. The van der Waals surface area contributed by atoms with Gasteiger partial charge in [0, 0.05) is 0 Å². The highest BCUT2D eigenvalue weighted by atomic mass is 31.2. The summed E-state index contributed by atoms with van der Waals surface area (Å²) in [7, 11) is -1.65. The molecule has 3 rings (SSSR count). The second-order valence-electron chi connectivity index (χ2n) is 9.30. The highest BCUT2D eigenvalue weighted by Crippen LogP contribution is 2.43. The Bertz CT molecular complexity index is 828. The lowest BCUT2D eigenvalue weighted by atomic mass is 10.2. The van der Waals surface area contributed by atoms with Crippen LogP contribution in [0.1, 0.15) is 45.7 Å². The number of rotatable bonds is 9. The summed E-state index contributed by atoms with van der Waals surface area (Å²) in [5.41, 5.74) is 0.649. The van der Waals surface area contributed by atoms with Crippen LogP contribution < -0.4 is 0 Å². The first kappa shape index (κ1) is 25.6. The summed E-state index contributed by atoms with van der Waals surface area (Å²) in [6.07, 6.45) is -0.432. The number of nitrogens with zero attached hydrogens (tertiary/aromatic N) is 1. The van der Waals surface area contributed by atoms with Gasteiger partial charge in [0.2, 0.25) is 0 Å². The first-order valence-corrected chi connectivity index (χ1v) is 12.2. The van der Waals surface area contributed by atoms with Gasteiger partial charge in [0.05, 0.1) is 32.5 Å². The Balaban J connectivity index is 1.63. The van der Waals surface area contributed by atoms with Crippen molar-refractivity contribution < 1.29 is 27.8 Å². The van der Waals surface area contributed by atoms with Gasteiger partial charge in [-0.3, -0.25) is 4.90 Å². The molecule has 1 fully saturated rings. The number of ether oxygens (including phenoxy) is 2. The summed E-state index contributed by atoms with van der Waals surface area (Å²) >= 11 is 0. The molecule has 1 aliphatic heterocycles. The molecule has 0 aromatic heterocycles. The summed E-state index contributed by atoms with van der Waals surface area (Å²) in [4.78, 5) is 14.5. The van der Waals surface area contributed by atoms with Crippen molar-refractivity contribution in [3.8, 4) is 0 Å². The largest absolute Gasteiger partial charge is 0.444 e. The summed E-state index contributed by atoms with van der Waals surface area (Å²) in [6, 6.07) is 19.4.